The minimum Gasteiger partial charge on any atom is -0.508 e. The van der Waals surface area contributed by atoms with Crippen LogP contribution < -0.4 is 4.57 Å². The lowest BCUT2D eigenvalue weighted by Crippen LogP contribution is -2.28. The quantitative estimate of drug-likeness (QED) is 0.748. The van der Waals surface area contributed by atoms with Crippen LogP contribution in [0.3, 0.4) is 0 Å². The van der Waals surface area contributed by atoms with Crippen molar-refractivity contribution >= 4 is 5.91 Å². The Kier molecular flexibility index (Phi) is 3.51. The van der Waals surface area contributed by atoms with Crippen LogP contribution in [-0.4, -0.2) is 15.6 Å². The summed E-state index contributed by atoms with van der Waals surface area (Å²) < 4.78 is 3.40. The third kappa shape index (κ3) is 3.00. The van der Waals surface area contributed by atoms with E-state index >= 15 is 0 Å². The van der Waals surface area contributed by atoms with Crippen LogP contribution in [0.4, 0.5) is 0 Å². The van der Waals surface area contributed by atoms with Crippen LogP contribution in [0.1, 0.15) is 10.4 Å². The second-order valence-corrected chi connectivity index (χ2v) is 4.80. The Balaban J connectivity index is 1.78. The van der Waals surface area contributed by atoms with Crippen molar-refractivity contribution in [1.82, 2.24) is 4.57 Å². The van der Waals surface area contributed by atoms with Gasteiger partial charge in [0.25, 0.3) is 6.33 Å². The Morgan fingerprint density at radius 1 is 1.05 bits per heavy atom. The molecule has 0 atom stereocenters. The number of phenolic OH excluding ortho intramolecular Hbond substituents is 1. The maximum absolute atomic E-state index is 12.2. The van der Waals surface area contributed by atoms with Crippen molar-refractivity contribution in [3.05, 3.63) is 78.9 Å². The summed E-state index contributed by atoms with van der Waals surface area (Å²) in [6.07, 6.45) is 5.65. The van der Waals surface area contributed by atoms with Crippen molar-refractivity contribution in [1.29, 1.82) is 0 Å². The Morgan fingerprint density at radius 3 is 2.48 bits per heavy atom. The molecule has 0 amide bonds. The first kappa shape index (κ1) is 13.1. The molecule has 4 heteroatoms. The van der Waals surface area contributed by atoms with Gasteiger partial charge in [-0.1, -0.05) is 30.3 Å². The minimum atomic E-state index is 0.0127. The van der Waals surface area contributed by atoms with Crippen molar-refractivity contribution in [3.63, 3.8) is 0 Å². The molecule has 0 aliphatic rings. The summed E-state index contributed by atoms with van der Waals surface area (Å²) in [5.41, 5.74) is 1.88. The Hall–Kier alpha value is -2.88. The highest BCUT2D eigenvalue weighted by Gasteiger charge is 2.14. The Morgan fingerprint density at radius 2 is 1.76 bits per heavy atom. The molecular weight excluding hydrogens is 264 g/mol. The highest BCUT2D eigenvalue weighted by atomic mass is 16.3. The van der Waals surface area contributed by atoms with E-state index in [-0.39, 0.29) is 11.7 Å². The van der Waals surface area contributed by atoms with Crippen LogP contribution in [-0.2, 0) is 6.42 Å². The highest BCUT2D eigenvalue weighted by molar-refractivity contribution is 5.80. The standard InChI is InChI=1S/C17H14N2O2/c20-16-8-6-15(7-9-16)18-10-11-19(13-18)17(21)12-14-4-2-1-3-5-14/h1-11,13H,12H2/p+1. The maximum Gasteiger partial charge on any atom is 0.318 e. The van der Waals surface area contributed by atoms with E-state index in [1.807, 2.05) is 41.1 Å². The van der Waals surface area contributed by atoms with Gasteiger partial charge in [0, 0.05) is 0 Å². The smallest absolute Gasteiger partial charge is 0.318 e. The number of rotatable bonds is 3. The molecule has 0 unspecified atom stereocenters. The van der Waals surface area contributed by atoms with Gasteiger partial charge in [0.2, 0.25) is 0 Å². The monoisotopic (exact) mass is 279 g/mol. The van der Waals surface area contributed by atoms with Crippen LogP contribution >= 0.6 is 0 Å². The number of hydrogen-bond donors (Lipinski definition) is 1. The van der Waals surface area contributed by atoms with Gasteiger partial charge >= 0.3 is 5.91 Å². The lowest BCUT2D eigenvalue weighted by atomic mass is 10.1. The van der Waals surface area contributed by atoms with Gasteiger partial charge in [-0.15, -0.1) is 0 Å². The van der Waals surface area contributed by atoms with E-state index in [4.69, 9.17) is 0 Å². The largest absolute Gasteiger partial charge is 0.508 e. The van der Waals surface area contributed by atoms with E-state index in [0.29, 0.717) is 6.42 Å². The van der Waals surface area contributed by atoms with Gasteiger partial charge in [-0.05, 0) is 29.8 Å². The van der Waals surface area contributed by atoms with Crippen LogP contribution in [0, 0.1) is 0 Å². The zero-order valence-corrected chi connectivity index (χ0v) is 11.4. The first-order valence-corrected chi connectivity index (χ1v) is 6.68. The van der Waals surface area contributed by atoms with Gasteiger partial charge in [0.05, 0.1) is 6.42 Å². The average Bonchev–Trinajstić information content (AvgIpc) is 2.99. The molecule has 4 nitrogen and oxygen atoms in total. The van der Waals surface area contributed by atoms with Crippen LogP contribution in [0.5, 0.6) is 5.75 Å². The number of phenols is 1. The van der Waals surface area contributed by atoms with Crippen molar-refractivity contribution in [2.24, 2.45) is 0 Å². The zero-order chi connectivity index (χ0) is 14.7. The predicted molar refractivity (Wildman–Crippen MR) is 78.4 cm³/mol. The fourth-order valence-electron chi connectivity index (χ4n) is 2.14. The SMILES string of the molecule is O=C(Cc1ccccc1)n1cc[n+](-c2ccc(O)cc2)c1. The summed E-state index contributed by atoms with van der Waals surface area (Å²) >= 11 is 0. The van der Waals surface area contributed by atoms with Crippen LogP contribution in [0.25, 0.3) is 5.69 Å². The summed E-state index contributed by atoms with van der Waals surface area (Å²) in [7, 11) is 0. The molecular formula is C17H15N2O2+. The molecule has 0 spiro atoms. The lowest BCUT2D eigenvalue weighted by Gasteiger charge is -1.97. The number of aromatic nitrogens is 2. The number of carbonyl (C=O) groups is 1. The molecule has 1 N–H and O–H groups in total. The molecule has 0 saturated carbocycles. The van der Waals surface area contributed by atoms with Crippen molar-refractivity contribution in [2.75, 3.05) is 0 Å². The van der Waals surface area contributed by atoms with Crippen molar-refractivity contribution in [2.45, 2.75) is 6.42 Å². The first-order chi connectivity index (χ1) is 10.2. The molecule has 1 aromatic heterocycles. The number of benzene rings is 2. The molecule has 2 aromatic carbocycles. The number of nitrogens with zero attached hydrogens (tertiary/aromatic N) is 2. The number of carbonyl (C=O) groups excluding carboxylic acids is 1. The topological polar surface area (TPSA) is 46.1 Å². The lowest BCUT2D eigenvalue weighted by molar-refractivity contribution is -0.594. The Bertz CT molecular complexity index is 746. The molecule has 3 rings (SSSR count). The molecule has 0 radical (unpaired) electrons. The molecule has 3 aromatic rings. The normalized spacial score (nSPS) is 10.5. The van der Waals surface area contributed by atoms with E-state index in [9.17, 15) is 9.90 Å². The summed E-state index contributed by atoms with van der Waals surface area (Å²) in [5.74, 6) is 0.234. The van der Waals surface area contributed by atoms with E-state index in [1.54, 1.807) is 41.4 Å². The number of hydrogen-bond acceptors (Lipinski definition) is 2. The van der Waals surface area contributed by atoms with Crippen molar-refractivity contribution < 1.29 is 14.5 Å². The number of aromatic hydroxyl groups is 1. The third-order valence-electron chi connectivity index (χ3n) is 3.27. The van der Waals surface area contributed by atoms with Crippen LogP contribution in [0.15, 0.2) is 73.3 Å². The van der Waals surface area contributed by atoms with Gasteiger partial charge in [-0.3, -0.25) is 0 Å². The fourth-order valence-corrected chi connectivity index (χ4v) is 2.14. The second kappa shape index (κ2) is 5.63. The van der Waals surface area contributed by atoms with Crippen molar-refractivity contribution in [3.8, 4) is 11.4 Å². The van der Waals surface area contributed by atoms with Gasteiger partial charge in [-0.25, -0.2) is 9.36 Å². The molecule has 0 fully saturated rings. The maximum atomic E-state index is 12.2. The predicted octanol–water partition coefficient (Wildman–Crippen LogP) is 2.35. The van der Waals surface area contributed by atoms with Crippen LogP contribution in [0.2, 0.25) is 0 Å². The van der Waals surface area contributed by atoms with E-state index in [0.717, 1.165) is 11.3 Å². The summed E-state index contributed by atoms with van der Waals surface area (Å²) in [6.45, 7) is 0. The second-order valence-electron chi connectivity index (χ2n) is 4.80. The summed E-state index contributed by atoms with van der Waals surface area (Å²) in [5, 5.41) is 9.29. The fraction of sp³-hybridized carbons (Fsp3) is 0.0588. The van der Waals surface area contributed by atoms with Gasteiger partial charge in [0.1, 0.15) is 23.8 Å². The molecule has 0 bridgehead atoms. The van der Waals surface area contributed by atoms with Gasteiger partial charge < -0.3 is 5.11 Å². The molecule has 104 valence electrons. The van der Waals surface area contributed by atoms with Gasteiger partial charge in [0.15, 0.2) is 0 Å². The highest BCUT2D eigenvalue weighted by Crippen LogP contribution is 2.09. The molecule has 0 saturated heterocycles. The molecule has 21 heavy (non-hydrogen) atoms. The molecule has 0 aliphatic heterocycles. The Labute approximate surface area is 122 Å². The zero-order valence-electron chi connectivity index (χ0n) is 11.4. The third-order valence-corrected chi connectivity index (χ3v) is 3.27. The van der Waals surface area contributed by atoms with E-state index in [2.05, 4.69) is 0 Å². The van der Waals surface area contributed by atoms with E-state index < -0.39 is 0 Å². The summed E-state index contributed by atoms with van der Waals surface area (Å²) in [6, 6.07) is 16.5. The average molecular weight is 279 g/mol. The molecule has 1 heterocycles. The first-order valence-electron chi connectivity index (χ1n) is 6.68. The molecule has 0 aliphatic carbocycles. The van der Waals surface area contributed by atoms with Gasteiger partial charge in [-0.2, -0.15) is 4.57 Å². The number of imidazole rings is 1. The van der Waals surface area contributed by atoms with E-state index in [1.165, 1.54) is 0 Å². The minimum absolute atomic E-state index is 0.0127. The summed E-state index contributed by atoms with van der Waals surface area (Å²) in [4.78, 5) is 12.2.